The molecule has 0 aliphatic rings. The maximum Gasteiger partial charge on any atom is 0.273 e. The van der Waals surface area contributed by atoms with E-state index in [-0.39, 0.29) is 11.7 Å². The van der Waals surface area contributed by atoms with Crippen molar-refractivity contribution in [2.45, 2.75) is 6.92 Å². The fourth-order valence-corrected chi connectivity index (χ4v) is 3.00. The highest BCUT2D eigenvalue weighted by atomic mass is 19.1. The number of aromatic nitrogens is 3. The molecule has 134 valence electrons. The summed E-state index contributed by atoms with van der Waals surface area (Å²) >= 11 is 0. The Morgan fingerprint density at radius 1 is 1.07 bits per heavy atom. The summed E-state index contributed by atoms with van der Waals surface area (Å²) in [4.78, 5) is 17.0. The first-order chi connectivity index (χ1) is 13.0. The summed E-state index contributed by atoms with van der Waals surface area (Å²) in [5.41, 5.74) is 4.60. The summed E-state index contributed by atoms with van der Waals surface area (Å²) < 4.78 is 14.8. The normalized spacial score (nSPS) is 10.9. The average molecular weight is 360 g/mol. The van der Waals surface area contributed by atoms with Gasteiger partial charge in [0.2, 0.25) is 0 Å². The van der Waals surface area contributed by atoms with Crippen molar-refractivity contribution in [3.8, 4) is 11.3 Å². The van der Waals surface area contributed by atoms with E-state index in [0.717, 1.165) is 33.4 Å². The minimum atomic E-state index is -0.276. The lowest BCUT2D eigenvalue weighted by Gasteiger charge is -2.11. The van der Waals surface area contributed by atoms with Gasteiger partial charge in [-0.3, -0.25) is 9.48 Å². The van der Waals surface area contributed by atoms with Gasteiger partial charge in [-0.05, 0) is 55.0 Å². The number of anilines is 1. The summed E-state index contributed by atoms with van der Waals surface area (Å²) in [7, 11) is 1.72. The van der Waals surface area contributed by atoms with E-state index in [0.29, 0.717) is 5.69 Å². The van der Waals surface area contributed by atoms with Gasteiger partial charge in [0.05, 0.1) is 11.2 Å². The van der Waals surface area contributed by atoms with E-state index >= 15 is 0 Å². The predicted octanol–water partition coefficient (Wildman–Crippen LogP) is 4.34. The highest BCUT2D eigenvalue weighted by molar-refractivity contribution is 6.03. The SMILES string of the molecule is Cc1cc(-c2ccc3cc(F)ccc3n2)ccc1NC(=O)c1ccnn1C. The van der Waals surface area contributed by atoms with Crippen molar-refractivity contribution in [3.63, 3.8) is 0 Å². The molecule has 0 fully saturated rings. The Kier molecular flexibility index (Phi) is 4.16. The van der Waals surface area contributed by atoms with Crippen LogP contribution in [-0.4, -0.2) is 20.7 Å². The van der Waals surface area contributed by atoms with Crippen LogP contribution in [-0.2, 0) is 7.05 Å². The van der Waals surface area contributed by atoms with E-state index in [1.165, 1.54) is 16.8 Å². The average Bonchev–Trinajstić information content (AvgIpc) is 3.09. The molecule has 0 bridgehead atoms. The Labute approximate surface area is 155 Å². The van der Waals surface area contributed by atoms with Gasteiger partial charge in [-0.2, -0.15) is 5.10 Å². The van der Waals surface area contributed by atoms with E-state index < -0.39 is 0 Å². The number of nitrogens with zero attached hydrogens (tertiary/aromatic N) is 3. The van der Waals surface area contributed by atoms with Gasteiger partial charge in [0.1, 0.15) is 11.5 Å². The van der Waals surface area contributed by atoms with E-state index in [1.54, 1.807) is 25.4 Å². The molecule has 2 heterocycles. The lowest BCUT2D eigenvalue weighted by molar-refractivity contribution is 0.101. The molecule has 4 aromatic rings. The van der Waals surface area contributed by atoms with E-state index in [9.17, 15) is 9.18 Å². The van der Waals surface area contributed by atoms with Crippen molar-refractivity contribution < 1.29 is 9.18 Å². The number of nitrogens with one attached hydrogen (secondary N) is 1. The van der Waals surface area contributed by atoms with Gasteiger partial charge in [-0.1, -0.05) is 12.1 Å². The smallest absolute Gasteiger partial charge is 0.273 e. The van der Waals surface area contributed by atoms with Crippen LogP contribution < -0.4 is 5.32 Å². The number of amides is 1. The van der Waals surface area contributed by atoms with Gasteiger partial charge >= 0.3 is 0 Å². The van der Waals surface area contributed by atoms with Crippen LogP contribution >= 0.6 is 0 Å². The molecule has 0 radical (unpaired) electrons. The number of hydrogen-bond donors (Lipinski definition) is 1. The maximum absolute atomic E-state index is 13.3. The third-order valence-corrected chi connectivity index (χ3v) is 4.48. The molecule has 0 saturated carbocycles. The second kappa shape index (κ2) is 6.64. The first-order valence-corrected chi connectivity index (χ1v) is 8.48. The first-order valence-electron chi connectivity index (χ1n) is 8.48. The highest BCUT2D eigenvalue weighted by Crippen LogP contribution is 2.26. The maximum atomic E-state index is 13.3. The summed E-state index contributed by atoms with van der Waals surface area (Å²) in [5, 5.41) is 7.68. The van der Waals surface area contributed by atoms with Crippen LogP contribution in [0.3, 0.4) is 0 Å². The number of halogens is 1. The van der Waals surface area contributed by atoms with Gasteiger partial charge in [0.25, 0.3) is 5.91 Å². The van der Waals surface area contributed by atoms with Crippen molar-refractivity contribution in [2.75, 3.05) is 5.32 Å². The summed E-state index contributed by atoms with van der Waals surface area (Å²) in [6.45, 7) is 1.93. The third kappa shape index (κ3) is 3.29. The van der Waals surface area contributed by atoms with Crippen LogP contribution in [0.2, 0.25) is 0 Å². The Balaban J connectivity index is 1.62. The fourth-order valence-electron chi connectivity index (χ4n) is 3.00. The first kappa shape index (κ1) is 16.9. The Morgan fingerprint density at radius 2 is 1.93 bits per heavy atom. The van der Waals surface area contributed by atoms with Crippen molar-refractivity contribution in [1.82, 2.24) is 14.8 Å². The fraction of sp³-hybridized carbons (Fsp3) is 0.0952. The quantitative estimate of drug-likeness (QED) is 0.591. The second-order valence-corrected chi connectivity index (χ2v) is 6.36. The van der Waals surface area contributed by atoms with Gasteiger partial charge in [0.15, 0.2) is 0 Å². The van der Waals surface area contributed by atoms with E-state index in [2.05, 4.69) is 15.4 Å². The van der Waals surface area contributed by atoms with Gasteiger partial charge in [-0.15, -0.1) is 0 Å². The molecule has 5 nitrogen and oxygen atoms in total. The van der Waals surface area contributed by atoms with Crippen LogP contribution in [0.25, 0.3) is 22.2 Å². The Bertz CT molecular complexity index is 1170. The molecule has 4 rings (SSSR count). The summed E-state index contributed by atoms with van der Waals surface area (Å²) in [6.07, 6.45) is 1.59. The van der Waals surface area contributed by atoms with Crippen molar-refractivity contribution in [3.05, 3.63) is 77.9 Å². The summed E-state index contributed by atoms with van der Waals surface area (Å²) in [6, 6.07) is 15.7. The Morgan fingerprint density at radius 3 is 2.67 bits per heavy atom. The molecule has 0 aliphatic carbocycles. The number of rotatable bonds is 3. The molecule has 0 atom stereocenters. The number of aryl methyl sites for hydroxylation is 2. The van der Waals surface area contributed by atoms with Gasteiger partial charge in [0, 0.05) is 29.9 Å². The topological polar surface area (TPSA) is 59.8 Å². The van der Waals surface area contributed by atoms with Gasteiger partial charge in [-0.25, -0.2) is 9.37 Å². The Hall–Kier alpha value is -3.54. The molecular weight excluding hydrogens is 343 g/mol. The molecule has 6 heteroatoms. The van der Waals surface area contributed by atoms with E-state index in [4.69, 9.17) is 0 Å². The standard InChI is InChI=1S/C21H17FN4O/c1-13-11-14(18-7-4-15-12-16(22)5-8-19(15)24-18)3-6-17(13)25-21(27)20-9-10-23-26(20)2/h3-12H,1-2H3,(H,25,27). The zero-order valence-corrected chi connectivity index (χ0v) is 14.9. The van der Waals surface area contributed by atoms with E-state index in [1.807, 2.05) is 37.3 Å². The molecule has 1 amide bonds. The molecule has 0 aliphatic heterocycles. The number of pyridine rings is 1. The van der Waals surface area contributed by atoms with Crippen molar-refractivity contribution >= 4 is 22.5 Å². The molecule has 2 aromatic carbocycles. The minimum Gasteiger partial charge on any atom is -0.320 e. The number of carbonyl (C=O) groups excluding carboxylic acids is 1. The highest BCUT2D eigenvalue weighted by Gasteiger charge is 2.12. The van der Waals surface area contributed by atoms with Crippen molar-refractivity contribution in [2.24, 2.45) is 7.05 Å². The lowest BCUT2D eigenvalue weighted by atomic mass is 10.1. The molecule has 0 spiro atoms. The monoisotopic (exact) mass is 360 g/mol. The minimum absolute atomic E-state index is 0.211. The lowest BCUT2D eigenvalue weighted by Crippen LogP contribution is -2.16. The van der Waals surface area contributed by atoms with Crippen LogP contribution in [0.5, 0.6) is 0 Å². The molecule has 2 aromatic heterocycles. The summed E-state index contributed by atoms with van der Waals surface area (Å²) in [5.74, 6) is -0.488. The molecule has 0 saturated heterocycles. The third-order valence-electron chi connectivity index (χ3n) is 4.48. The zero-order valence-electron chi connectivity index (χ0n) is 14.9. The predicted molar refractivity (Wildman–Crippen MR) is 103 cm³/mol. The molecule has 27 heavy (non-hydrogen) atoms. The second-order valence-electron chi connectivity index (χ2n) is 6.36. The van der Waals surface area contributed by atoms with Crippen LogP contribution in [0.1, 0.15) is 16.1 Å². The molecule has 1 N–H and O–H groups in total. The number of hydrogen-bond acceptors (Lipinski definition) is 3. The largest absolute Gasteiger partial charge is 0.320 e. The number of benzene rings is 2. The van der Waals surface area contributed by atoms with Crippen LogP contribution in [0.4, 0.5) is 10.1 Å². The zero-order chi connectivity index (χ0) is 19.0. The number of carbonyl (C=O) groups is 1. The van der Waals surface area contributed by atoms with Crippen molar-refractivity contribution in [1.29, 1.82) is 0 Å². The van der Waals surface area contributed by atoms with Crippen LogP contribution in [0, 0.1) is 12.7 Å². The molecule has 0 unspecified atom stereocenters. The van der Waals surface area contributed by atoms with Gasteiger partial charge < -0.3 is 5.32 Å². The molecular formula is C21H17FN4O. The van der Waals surface area contributed by atoms with Crippen LogP contribution in [0.15, 0.2) is 60.8 Å². The number of fused-ring (bicyclic) bond motifs is 1.